The van der Waals surface area contributed by atoms with Crippen molar-refractivity contribution in [2.75, 3.05) is 11.9 Å². The molecule has 0 aliphatic carbocycles. The highest BCUT2D eigenvalue weighted by Gasteiger charge is 2.12. The molecular weight excluding hydrogens is 296 g/mol. The molecule has 1 amide bonds. The fourth-order valence-corrected chi connectivity index (χ4v) is 1.92. The van der Waals surface area contributed by atoms with Crippen LogP contribution in [0.5, 0.6) is 5.75 Å². The van der Waals surface area contributed by atoms with E-state index in [2.05, 4.69) is 20.5 Å². The number of carbonyl (C=O) groups excluding carboxylic acids is 1. The number of nitrogens with one attached hydrogen (secondary N) is 1. The first-order valence-corrected chi connectivity index (χ1v) is 7.04. The molecule has 1 N–H and O–H groups in total. The van der Waals surface area contributed by atoms with Gasteiger partial charge in [0.15, 0.2) is 0 Å². The Morgan fingerprint density at radius 3 is 2.57 bits per heavy atom. The van der Waals surface area contributed by atoms with E-state index in [1.807, 2.05) is 6.92 Å². The fourth-order valence-electron chi connectivity index (χ4n) is 1.92. The van der Waals surface area contributed by atoms with Gasteiger partial charge in [0.05, 0.1) is 6.61 Å². The highest BCUT2D eigenvalue weighted by molar-refractivity contribution is 6.03. The van der Waals surface area contributed by atoms with Crippen molar-refractivity contribution in [2.45, 2.75) is 6.92 Å². The van der Waals surface area contributed by atoms with Gasteiger partial charge in [-0.2, -0.15) is 0 Å². The number of rotatable bonds is 5. The van der Waals surface area contributed by atoms with Crippen LogP contribution in [0.1, 0.15) is 17.3 Å². The summed E-state index contributed by atoms with van der Waals surface area (Å²) in [7, 11) is 0. The standard InChI is InChI=1S/C16H14N4O3/c1-2-22-13-5-3-11(4-6-13)14(21)18-16-20-19-15(23-16)12-7-9-17-10-8-12/h3-10H,2H2,1H3,(H,18,20,21). The number of benzene rings is 1. The minimum Gasteiger partial charge on any atom is -0.494 e. The maximum Gasteiger partial charge on any atom is 0.322 e. The Kier molecular flexibility index (Phi) is 4.28. The highest BCUT2D eigenvalue weighted by atomic mass is 16.5. The average molecular weight is 310 g/mol. The van der Waals surface area contributed by atoms with Crippen LogP contribution in [0.3, 0.4) is 0 Å². The van der Waals surface area contributed by atoms with Gasteiger partial charge in [-0.05, 0) is 43.3 Å². The third-order valence-electron chi connectivity index (χ3n) is 3.00. The molecule has 23 heavy (non-hydrogen) atoms. The van der Waals surface area contributed by atoms with Gasteiger partial charge in [0, 0.05) is 23.5 Å². The second kappa shape index (κ2) is 6.69. The zero-order chi connectivity index (χ0) is 16.1. The Balaban J connectivity index is 1.69. The number of hydrogen-bond donors (Lipinski definition) is 1. The van der Waals surface area contributed by atoms with Crippen LogP contribution in [-0.4, -0.2) is 27.7 Å². The predicted octanol–water partition coefficient (Wildman–Crippen LogP) is 2.78. The van der Waals surface area contributed by atoms with Crippen molar-refractivity contribution in [3.05, 3.63) is 54.4 Å². The first-order chi connectivity index (χ1) is 11.3. The zero-order valence-electron chi connectivity index (χ0n) is 12.4. The van der Waals surface area contributed by atoms with E-state index in [4.69, 9.17) is 9.15 Å². The summed E-state index contributed by atoms with van der Waals surface area (Å²) in [6.07, 6.45) is 3.25. The third kappa shape index (κ3) is 3.52. The lowest BCUT2D eigenvalue weighted by Crippen LogP contribution is -2.12. The van der Waals surface area contributed by atoms with Crippen LogP contribution in [-0.2, 0) is 0 Å². The Hall–Kier alpha value is -3.22. The van der Waals surface area contributed by atoms with E-state index in [0.717, 1.165) is 5.56 Å². The van der Waals surface area contributed by atoms with Crippen LogP contribution in [0, 0.1) is 0 Å². The summed E-state index contributed by atoms with van der Waals surface area (Å²) < 4.78 is 10.8. The maximum absolute atomic E-state index is 12.1. The van der Waals surface area contributed by atoms with Crippen molar-refractivity contribution in [1.29, 1.82) is 0 Å². The minimum absolute atomic E-state index is 0.0377. The van der Waals surface area contributed by atoms with Crippen LogP contribution in [0.4, 0.5) is 6.01 Å². The molecule has 0 aliphatic heterocycles. The molecule has 7 nitrogen and oxygen atoms in total. The number of anilines is 1. The molecule has 7 heteroatoms. The predicted molar refractivity (Wildman–Crippen MR) is 83.1 cm³/mol. The van der Waals surface area contributed by atoms with Gasteiger partial charge in [-0.25, -0.2) is 0 Å². The van der Waals surface area contributed by atoms with Gasteiger partial charge < -0.3 is 9.15 Å². The molecule has 0 bridgehead atoms. The normalized spacial score (nSPS) is 10.3. The zero-order valence-corrected chi connectivity index (χ0v) is 12.4. The van der Waals surface area contributed by atoms with Crippen molar-refractivity contribution < 1.29 is 13.9 Å². The van der Waals surface area contributed by atoms with E-state index in [1.165, 1.54) is 0 Å². The summed E-state index contributed by atoms with van der Waals surface area (Å²) in [5, 5.41) is 10.3. The smallest absolute Gasteiger partial charge is 0.322 e. The van der Waals surface area contributed by atoms with Gasteiger partial charge in [-0.1, -0.05) is 5.10 Å². The molecule has 0 atom stereocenters. The lowest BCUT2D eigenvalue weighted by Gasteiger charge is -2.04. The minimum atomic E-state index is -0.335. The summed E-state index contributed by atoms with van der Waals surface area (Å²) >= 11 is 0. The van der Waals surface area contributed by atoms with Gasteiger partial charge in [-0.3, -0.25) is 15.1 Å². The van der Waals surface area contributed by atoms with Crippen LogP contribution in [0.15, 0.2) is 53.2 Å². The highest BCUT2D eigenvalue weighted by Crippen LogP contribution is 2.19. The molecule has 0 saturated carbocycles. The lowest BCUT2D eigenvalue weighted by atomic mass is 10.2. The molecule has 0 fully saturated rings. The Morgan fingerprint density at radius 2 is 1.87 bits per heavy atom. The summed E-state index contributed by atoms with van der Waals surface area (Å²) in [4.78, 5) is 16.1. The van der Waals surface area contributed by atoms with Gasteiger partial charge in [-0.15, -0.1) is 5.10 Å². The van der Waals surface area contributed by atoms with E-state index >= 15 is 0 Å². The van der Waals surface area contributed by atoms with Gasteiger partial charge in [0.1, 0.15) is 5.75 Å². The molecule has 1 aromatic carbocycles. The van der Waals surface area contributed by atoms with E-state index < -0.39 is 0 Å². The van der Waals surface area contributed by atoms with Crippen LogP contribution in [0.25, 0.3) is 11.5 Å². The summed E-state index contributed by atoms with van der Waals surface area (Å²) in [6, 6.07) is 10.3. The number of hydrogen-bond acceptors (Lipinski definition) is 6. The molecule has 0 saturated heterocycles. The van der Waals surface area contributed by atoms with Crippen molar-refractivity contribution >= 4 is 11.9 Å². The first-order valence-electron chi connectivity index (χ1n) is 7.04. The topological polar surface area (TPSA) is 90.1 Å². The quantitative estimate of drug-likeness (QED) is 0.779. The molecule has 3 rings (SSSR count). The second-order valence-electron chi connectivity index (χ2n) is 4.56. The molecule has 2 heterocycles. The van der Waals surface area contributed by atoms with E-state index in [1.54, 1.807) is 48.8 Å². The first kappa shape index (κ1) is 14.7. The number of amides is 1. The average Bonchev–Trinajstić information content (AvgIpc) is 3.05. The Labute approximate surface area is 132 Å². The number of pyridine rings is 1. The van der Waals surface area contributed by atoms with Crippen molar-refractivity contribution in [3.63, 3.8) is 0 Å². The number of aromatic nitrogens is 3. The van der Waals surface area contributed by atoms with Crippen LogP contribution < -0.4 is 10.1 Å². The summed E-state index contributed by atoms with van der Waals surface area (Å²) in [5.74, 6) is 0.689. The monoisotopic (exact) mass is 310 g/mol. The van der Waals surface area contributed by atoms with Gasteiger partial charge in [0.2, 0.25) is 5.89 Å². The number of carbonyl (C=O) groups is 1. The molecular formula is C16H14N4O3. The Morgan fingerprint density at radius 1 is 1.13 bits per heavy atom. The SMILES string of the molecule is CCOc1ccc(C(=O)Nc2nnc(-c3ccncc3)o2)cc1. The number of nitrogens with zero attached hydrogens (tertiary/aromatic N) is 3. The molecule has 0 unspecified atom stereocenters. The lowest BCUT2D eigenvalue weighted by molar-refractivity contribution is 0.102. The van der Waals surface area contributed by atoms with E-state index in [0.29, 0.717) is 23.8 Å². The molecule has 0 aliphatic rings. The summed E-state index contributed by atoms with van der Waals surface area (Å²) in [5.41, 5.74) is 1.20. The Bertz CT molecular complexity index is 785. The summed E-state index contributed by atoms with van der Waals surface area (Å²) in [6.45, 7) is 2.47. The second-order valence-corrected chi connectivity index (χ2v) is 4.56. The molecule has 0 radical (unpaired) electrons. The van der Waals surface area contributed by atoms with Crippen molar-refractivity contribution in [3.8, 4) is 17.2 Å². The largest absolute Gasteiger partial charge is 0.494 e. The molecule has 2 aromatic heterocycles. The molecule has 3 aromatic rings. The van der Waals surface area contributed by atoms with Gasteiger partial charge >= 0.3 is 6.01 Å². The molecule has 0 spiro atoms. The maximum atomic E-state index is 12.1. The van der Waals surface area contributed by atoms with E-state index in [-0.39, 0.29) is 11.9 Å². The fraction of sp³-hybridized carbons (Fsp3) is 0.125. The van der Waals surface area contributed by atoms with Crippen molar-refractivity contribution in [2.24, 2.45) is 0 Å². The van der Waals surface area contributed by atoms with Gasteiger partial charge in [0.25, 0.3) is 5.91 Å². The van der Waals surface area contributed by atoms with Crippen LogP contribution in [0.2, 0.25) is 0 Å². The van der Waals surface area contributed by atoms with E-state index in [9.17, 15) is 4.79 Å². The third-order valence-corrected chi connectivity index (χ3v) is 3.00. The van der Waals surface area contributed by atoms with Crippen LogP contribution >= 0.6 is 0 Å². The van der Waals surface area contributed by atoms with Crippen molar-refractivity contribution in [1.82, 2.24) is 15.2 Å². The molecule has 116 valence electrons. The number of ether oxygens (including phenoxy) is 1.